The van der Waals surface area contributed by atoms with Gasteiger partial charge in [0.05, 0.1) is 16.3 Å². The number of rotatable bonds is 3. The molecule has 1 aromatic carbocycles. The number of carbonyl (C=O) groups is 2. The van der Waals surface area contributed by atoms with Gasteiger partial charge in [-0.25, -0.2) is 4.68 Å². The Morgan fingerprint density at radius 1 is 1.31 bits per heavy atom. The van der Waals surface area contributed by atoms with Crippen molar-refractivity contribution in [3.05, 3.63) is 41.6 Å². The largest absolute Gasteiger partial charge is 0.315 e. The molecule has 6 nitrogen and oxygen atoms in total. The summed E-state index contributed by atoms with van der Waals surface area (Å²) in [6.45, 7) is 5.98. The molecule has 2 saturated heterocycles. The highest BCUT2D eigenvalue weighted by atomic mass is 32.2. The van der Waals surface area contributed by atoms with Gasteiger partial charge in [0.1, 0.15) is 11.9 Å². The molecule has 0 unspecified atom stereocenters. The lowest BCUT2D eigenvalue weighted by molar-refractivity contribution is -0.135. The minimum Gasteiger partial charge on any atom is -0.315 e. The third kappa shape index (κ3) is 2.80. The molecule has 0 saturated carbocycles. The molecule has 0 radical (unpaired) electrons. The Bertz CT molecular complexity index is 876. The number of thioether (sulfide) groups is 1. The fourth-order valence-corrected chi connectivity index (χ4v) is 5.13. The maximum absolute atomic E-state index is 12.9. The molecule has 4 rings (SSSR count). The van der Waals surface area contributed by atoms with E-state index in [1.807, 2.05) is 44.2 Å². The number of hydrogen-bond donors (Lipinski definition) is 1. The van der Waals surface area contributed by atoms with E-state index in [9.17, 15) is 9.59 Å². The van der Waals surface area contributed by atoms with Crippen LogP contribution in [0.2, 0.25) is 0 Å². The van der Waals surface area contributed by atoms with E-state index in [1.54, 1.807) is 21.3 Å². The number of anilines is 1. The molecule has 1 aromatic heterocycles. The average molecular weight is 370 g/mol. The molecule has 2 aromatic rings. The van der Waals surface area contributed by atoms with Crippen LogP contribution >= 0.6 is 11.8 Å². The first-order valence-corrected chi connectivity index (χ1v) is 9.77. The highest BCUT2D eigenvalue weighted by Crippen LogP contribution is 2.47. The Labute approximate surface area is 156 Å². The first kappa shape index (κ1) is 17.1. The second kappa shape index (κ2) is 6.16. The lowest BCUT2D eigenvalue weighted by Gasteiger charge is -2.29. The third-order valence-electron chi connectivity index (χ3n) is 5.11. The van der Waals surface area contributed by atoms with E-state index in [0.717, 1.165) is 23.4 Å². The fraction of sp³-hybridized carbons (Fsp3) is 0.421. The Balaban J connectivity index is 1.59. The molecule has 2 aliphatic heterocycles. The van der Waals surface area contributed by atoms with E-state index in [4.69, 9.17) is 0 Å². The maximum atomic E-state index is 12.9. The third-order valence-corrected chi connectivity index (χ3v) is 6.61. The minimum absolute atomic E-state index is 0.0703. The summed E-state index contributed by atoms with van der Waals surface area (Å²) < 4.78 is 1.74. The highest BCUT2D eigenvalue weighted by molar-refractivity contribution is 8.01. The van der Waals surface area contributed by atoms with Gasteiger partial charge in [-0.2, -0.15) is 5.10 Å². The van der Waals surface area contributed by atoms with Crippen molar-refractivity contribution in [1.82, 2.24) is 14.7 Å². The van der Waals surface area contributed by atoms with Gasteiger partial charge in [0.15, 0.2) is 0 Å². The van der Waals surface area contributed by atoms with Gasteiger partial charge in [0.25, 0.3) is 0 Å². The Kier molecular flexibility index (Phi) is 4.06. The number of benzene rings is 1. The Morgan fingerprint density at radius 2 is 2.04 bits per heavy atom. The van der Waals surface area contributed by atoms with Crippen LogP contribution in [0.4, 0.5) is 5.82 Å². The molecule has 2 atom stereocenters. The molecule has 2 fully saturated rings. The second-order valence-corrected chi connectivity index (χ2v) is 8.67. The molecule has 0 aliphatic carbocycles. The maximum Gasteiger partial charge on any atom is 0.249 e. The van der Waals surface area contributed by atoms with Gasteiger partial charge in [-0.1, -0.05) is 17.7 Å². The zero-order valence-corrected chi connectivity index (χ0v) is 16.0. The molecule has 7 heteroatoms. The molecule has 2 aliphatic rings. The van der Waals surface area contributed by atoms with Crippen molar-refractivity contribution in [3.63, 3.8) is 0 Å². The van der Waals surface area contributed by atoms with Crippen LogP contribution in [0.25, 0.3) is 5.69 Å². The number of aromatic nitrogens is 2. The summed E-state index contributed by atoms with van der Waals surface area (Å²) in [6, 6.07) is 9.40. The number of fused-ring (bicyclic) bond motifs is 1. The predicted molar refractivity (Wildman–Crippen MR) is 102 cm³/mol. The molecule has 3 heterocycles. The summed E-state index contributed by atoms with van der Waals surface area (Å²) in [5.74, 6) is 1.18. The van der Waals surface area contributed by atoms with Crippen LogP contribution in [0, 0.1) is 13.8 Å². The smallest absolute Gasteiger partial charge is 0.249 e. The first-order valence-electron chi connectivity index (χ1n) is 8.78. The van der Waals surface area contributed by atoms with Gasteiger partial charge < -0.3 is 10.2 Å². The summed E-state index contributed by atoms with van der Waals surface area (Å²) in [7, 11) is 0. The summed E-state index contributed by atoms with van der Waals surface area (Å²) in [5, 5.41) is 7.49. The van der Waals surface area contributed by atoms with Gasteiger partial charge in [0.2, 0.25) is 11.8 Å². The Hall–Kier alpha value is -2.28. The number of nitrogens with zero attached hydrogens (tertiary/aromatic N) is 3. The van der Waals surface area contributed by atoms with Crippen LogP contribution in [0.3, 0.4) is 0 Å². The zero-order chi connectivity index (χ0) is 18.5. The normalized spacial score (nSPS) is 24.8. The van der Waals surface area contributed by atoms with E-state index in [1.165, 1.54) is 0 Å². The second-order valence-electron chi connectivity index (χ2n) is 7.17. The molecule has 2 amide bonds. The van der Waals surface area contributed by atoms with Crippen LogP contribution in [-0.4, -0.2) is 43.2 Å². The molecular weight excluding hydrogens is 348 g/mol. The van der Waals surface area contributed by atoms with Crippen molar-refractivity contribution in [2.45, 2.75) is 44.5 Å². The summed E-state index contributed by atoms with van der Waals surface area (Å²) in [5.41, 5.74) is 2.88. The van der Waals surface area contributed by atoms with Gasteiger partial charge in [-0.3, -0.25) is 9.59 Å². The quantitative estimate of drug-likeness (QED) is 0.902. The van der Waals surface area contributed by atoms with Gasteiger partial charge >= 0.3 is 0 Å². The van der Waals surface area contributed by atoms with E-state index in [2.05, 4.69) is 17.3 Å². The summed E-state index contributed by atoms with van der Waals surface area (Å²) in [4.78, 5) is 26.7. The van der Waals surface area contributed by atoms with Gasteiger partial charge in [0, 0.05) is 18.2 Å². The summed E-state index contributed by atoms with van der Waals surface area (Å²) >= 11 is 1.70. The highest BCUT2D eigenvalue weighted by Gasteiger charge is 2.52. The van der Waals surface area contributed by atoms with Gasteiger partial charge in [-0.15, -0.1) is 11.8 Å². The number of carbonyl (C=O) groups excluding carboxylic acids is 2. The van der Waals surface area contributed by atoms with Crippen LogP contribution in [0.5, 0.6) is 0 Å². The van der Waals surface area contributed by atoms with E-state index < -0.39 is 6.04 Å². The average Bonchev–Trinajstić information content (AvgIpc) is 3.22. The lowest BCUT2D eigenvalue weighted by atomic mass is 10.2. The van der Waals surface area contributed by atoms with Crippen molar-refractivity contribution < 1.29 is 9.59 Å². The molecule has 26 heavy (non-hydrogen) atoms. The number of hydrogen-bond acceptors (Lipinski definition) is 4. The fourth-order valence-electron chi connectivity index (χ4n) is 3.70. The Morgan fingerprint density at radius 3 is 2.77 bits per heavy atom. The monoisotopic (exact) mass is 370 g/mol. The van der Waals surface area contributed by atoms with Crippen LogP contribution < -0.4 is 5.32 Å². The molecule has 0 spiro atoms. The number of aryl methyl sites for hydroxylation is 2. The molecule has 0 bridgehead atoms. The van der Waals surface area contributed by atoms with E-state index >= 15 is 0 Å². The van der Waals surface area contributed by atoms with Crippen molar-refractivity contribution in [2.24, 2.45) is 0 Å². The topological polar surface area (TPSA) is 67.2 Å². The molecule has 1 N–H and O–H groups in total. The van der Waals surface area contributed by atoms with Crippen molar-refractivity contribution in [3.8, 4) is 5.69 Å². The standard InChI is InChI=1S/C19H22N4O2S/c1-12-4-6-14(7-5-12)23-16(10-13(2)21-23)20-18(25)15-11-26-19(3)9-8-17(24)22(15)19/h4-7,10,15H,8-9,11H2,1-3H3,(H,20,25)/t15-,19+/m0/s1. The SMILES string of the molecule is Cc1ccc(-n2nc(C)cc2NC(=O)[C@@H]2CS[C@]3(C)CCC(=O)N23)cc1. The van der Waals surface area contributed by atoms with Crippen LogP contribution in [-0.2, 0) is 9.59 Å². The predicted octanol–water partition coefficient (Wildman–Crippen LogP) is 2.88. The number of nitrogens with one attached hydrogen (secondary N) is 1. The van der Waals surface area contributed by atoms with Crippen LogP contribution in [0.15, 0.2) is 30.3 Å². The van der Waals surface area contributed by atoms with E-state index in [0.29, 0.717) is 18.0 Å². The lowest BCUT2D eigenvalue weighted by Crippen LogP contribution is -2.48. The van der Waals surface area contributed by atoms with Crippen molar-refractivity contribution in [2.75, 3.05) is 11.1 Å². The van der Waals surface area contributed by atoms with Crippen molar-refractivity contribution >= 4 is 29.4 Å². The summed E-state index contributed by atoms with van der Waals surface area (Å²) in [6.07, 6.45) is 1.33. The van der Waals surface area contributed by atoms with Gasteiger partial charge in [-0.05, 0) is 39.3 Å². The first-order chi connectivity index (χ1) is 12.4. The zero-order valence-electron chi connectivity index (χ0n) is 15.2. The van der Waals surface area contributed by atoms with Crippen LogP contribution in [0.1, 0.15) is 31.0 Å². The minimum atomic E-state index is -0.429. The van der Waals surface area contributed by atoms with E-state index in [-0.39, 0.29) is 16.7 Å². The molecular formula is C19H22N4O2S. The molecule has 136 valence electrons. The van der Waals surface area contributed by atoms with Crippen molar-refractivity contribution in [1.29, 1.82) is 0 Å². The number of amides is 2.